The molecule has 1 aliphatic heterocycles. The molecular formula is C12H21N5OS. The predicted molar refractivity (Wildman–Crippen MR) is 78.6 cm³/mol. The van der Waals surface area contributed by atoms with Crippen molar-refractivity contribution in [3.8, 4) is 0 Å². The lowest BCUT2D eigenvalue weighted by molar-refractivity contribution is 0.0944. The molecule has 0 unspecified atom stereocenters. The molecule has 2 heterocycles. The average molecular weight is 283 g/mol. The van der Waals surface area contributed by atoms with Gasteiger partial charge in [0.1, 0.15) is 10.7 Å². The maximum Gasteiger partial charge on any atom is 0.265 e. The molecule has 6 nitrogen and oxygen atoms in total. The number of likely N-dealkylation sites (tertiary alicyclic amines) is 1. The largest absolute Gasteiger partial charge is 0.382 e. The molecule has 1 aliphatic rings. The molecule has 0 saturated carbocycles. The van der Waals surface area contributed by atoms with Gasteiger partial charge in [-0.05, 0) is 38.9 Å². The number of nitrogens with two attached hydrogens (primary N) is 1. The standard InChI is InChI=1S/C12H21N5OS/c1-14-12-16-10(13)9(19-12)11(18)15-7-8-3-5-17(2)6-4-8/h8H,3-7,13H2,1-2H3,(H,14,16)(H,15,18). The van der Waals surface area contributed by atoms with Crippen molar-refractivity contribution in [3.05, 3.63) is 4.88 Å². The van der Waals surface area contributed by atoms with Gasteiger partial charge < -0.3 is 21.3 Å². The van der Waals surface area contributed by atoms with Gasteiger partial charge in [0.25, 0.3) is 5.91 Å². The predicted octanol–water partition coefficient (Wildman–Crippen LogP) is 0.839. The number of amides is 1. The van der Waals surface area contributed by atoms with Gasteiger partial charge in [-0.2, -0.15) is 0 Å². The molecule has 0 radical (unpaired) electrons. The number of nitrogens with zero attached hydrogens (tertiary/aromatic N) is 2. The maximum atomic E-state index is 12.0. The van der Waals surface area contributed by atoms with Crippen LogP contribution in [0.3, 0.4) is 0 Å². The minimum absolute atomic E-state index is 0.115. The number of nitrogen functional groups attached to an aromatic ring is 1. The fraction of sp³-hybridized carbons (Fsp3) is 0.667. The van der Waals surface area contributed by atoms with Crippen LogP contribution < -0.4 is 16.4 Å². The molecule has 1 saturated heterocycles. The van der Waals surface area contributed by atoms with Gasteiger partial charge >= 0.3 is 0 Å². The number of thiazole rings is 1. The van der Waals surface area contributed by atoms with Crippen LogP contribution >= 0.6 is 11.3 Å². The Bertz CT molecular complexity index is 439. The summed E-state index contributed by atoms with van der Waals surface area (Å²) in [7, 11) is 3.89. The van der Waals surface area contributed by atoms with Crippen molar-refractivity contribution < 1.29 is 4.79 Å². The Labute approximate surface area is 117 Å². The molecule has 0 bridgehead atoms. The van der Waals surface area contributed by atoms with Gasteiger partial charge in [0.05, 0.1) is 0 Å². The normalized spacial score (nSPS) is 17.4. The van der Waals surface area contributed by atoms with Gasteiger partial charge in [0.2, 0.25) is 0 Å². The minimum Gasteiger partial charge on any atom is -0.382 e. The van der Waals surface area contributed by atoms with Crippen LogP contribution in [-0.2, 0) is 0 Å². The zero-order chi connectivity index (χ0) is 13.8. The lowest BCUT2D eigenvalue weighted by Gasteiger charge is -2.28. The summed E-state index contributed by atoms with van der Waals surface area (Å²) in [5.41, 5.74) is 5.74. The van der Waals surface area contributed by atoms with Crippen LogP contribution in [0.2, 0.25) is 0 Å². The Hall–Kier alpha value is -1.34. The van der Waals surface area contributed by atoms with Crippen molar-refractivity contribution >= 4 is 28.2 Å². The molecule has 1 amide bonds. The summed E-state index contributed by atoms with van der Waals surface area (Å²) in [6.45, 7) is 2.93. The van der Waals surface area contributed by atoms with E-state index in [1.54, 1.807) is 7.05 Å². The third kappa shape index (κ3) is 3.57. The number of piperidine rings is 1. The van der Waals surface area contributed by atoms with Gasteiger partial charge in [0, 0.05) is 13.6 Å². The highest BCUT2D eigenvalue weighted by atomic mass is 32.1. The Morgan fingerprint density at radius 3 is 2.79 bits per heavy atom. The van der Waals surface area contributed by atoms with Crippen LogP contribution in [-0.4, -0.2) is 49.5 Å². The molecular weight excluding hydrogens is 262 g/mol. The molecule has 1 fully saturated rings. The van der Waals surface area contributed by atoms with Crippen molar-refractivity contribution in [2.45, 2.75) is 12.8 Å². The molecule has 0 atom stereocenters. The summed E-state index contributed by atoms with van der Waals surface area (Å²) in [6, 6.07) is 0. The second-order valence-electron chi connectivity index (χ2n) is 4.94. The second-order valence-corrected chi connectivity index (χ2v) is 5.94. The highest BCUT2D eigenvalue weighted by Crippen LogP contribution is 2.24. The zero-order valence-electron chi connectivity index (χ0n) is 11.4. The number of hydrogen-bond acceptors (Lipinski definition) is 6. The second kappa shape index (κ2) is 6.21. The zero-order valence-corrected chi connectivity index (χ0v) is 12.2. The van der Waals surface area contributed by atoms with E-state index in [1.807, 2.05) is 0 Å². The van der Waals surface area contributed by atoms with Crippen molar-refractivity contribution in [3.63, 3.8) is 0 Å². The van der Waals surface area contributed by atoms with E-state index in [4.69, 9.17) is 5.73 Å². The summed E-state index contributed by atoms with van der Waals surface area (Å²) >= 11 is 1.29. The third-order valence-electron chi connectivity index (χ3n) is 3.46. The van der Waals surface area contributed by atoms with E-state index in [9.17, 15) is 4.79 Å². The van der Waals surface area contributed by atoms with E-state index in [0.29, 0.717) is 21.7 Å². The van der Waals surface area contributed by atoms with E-state index in [2.05, 4.69) is 27.6 Å². The smallest absolute Gasteiger partial charge is 0.265 e. The van der Waals surface area contributed by atoms with Gasteiger partial charge in [-0.3, -0.25) is 4.79 Å². The van der Waals surface area contributed by atoms with Crippen LogP contribution in [0.4, 0.5) is 10.9 Å². The van der Waals surface area contributed by atoms with Crippen LogP contribution in [0.25, 0.3) is 0 Å². The van der Waals surface area contributed by atoms with Crippen LogP contribution in [0, 0.1) is 5.92 Å². The molecule has 0 aromatic carbocycles. The molecule has 0 aliphatic carbocycles. The van der Waals surface area contributed by atoms with E-state index in [1.165, 1.54) is 11.3 Å². The van der Waals surface area contributed by atoms with Crippen LogP contribution in [0.1, 0.15) is 22.5 Å². The maximum absolute atomic E-state index is 12.0. The Morgan fingerprint density at radius 1 is 1.53 bits per heavy atom. The molecule has 2 rings (SSSR count). The first-order chi connectivity index (χ1) is 9.10. The Morgan fingerprint density at radius 2 is 2.21 bits per heavy atom. The highest BCUT2D eigenvalue weighted by Gasteiger charge is 2.20. The third-order valence-corrected chi connectivity index (χ3v) is 4.55. The summed E-state index contributed by atoms with van der Waals surface area (Å²) in [6.07, 6.45) is 2.27. The number of hydrogen-bond donors (Lipinski definition) is 3. The number of nitrogens with one attached hydrogen (secondary N) is 2. The molecule has 4 N–H and O–H groups in total. The van der Waals surface area contributed by atoms with Crippen molar-refractivity contribution in [2.75, 3.05) is 44.8 Å². The lowest BCUT2D eigenvalue weighted by Crippen LogP contribution is -2.36. The number of aromatic nitrogens is 1. The first-order valence-corrected chi connectivity index (χ1v) is 7.32. The minimum atomic E-state index is -0.115. The molecule has 1 aromatic heterocycles. The number of carbonyl (C=O) groups is 1. The van der Waals surface area contributed by atoms with Gasteiger partial charge in [-0.25, -0.2) is 4.98 Å². The van der Waals surface area contributed by atoms with Crippen molar-refractivity contribution in [1.29, 1.82) is 0 Å². The fourth-order valence-corrected chi connectivity index (χ4v) is 2.94. The quantitative estimate of drug-likeness (QED) is 0.762. The van der Waals surface area contributed by atoms with Gasteiger partial charge in [-0.15, -0.1) is 0 Å². The summed E-state index contributed by atoms with van der Waals surface area (Å²) < 4.78 is 0. The summed E-state index contributed by atoms with van der Waals surface area (Å²) in [5, 5.41) is 6.53. The summed E-state index contributed by atoms with van der Waals surface area (Å²) in [4.78, 5) is 18.9. The topological polar surface area (TPSA) is 83.3 Å². The van der Waals surface area contributed by atoms with Gasteiger partial charge in [0.15, 0.2) is 5.13 Å². The Kier molecular flexibility index (Phi) is 4.60. The number of anilines is 2. The van der Waals surface area contributed by atoms with Gasteiger partial charge in [-0.1, -0.05) is 11.3 Å². The monoisotopic (exact) mass is 283 g/mol. The van der Waals surface area contributed by atoms with E-state index in [0.717, 1.165) is 32.5 Å². The van der Waals surface area contributed by atoms with Crippen LogP contribution in [0.5, 0.6) is 0 Å². The van der Waals surface area contributed by atoms with E-state index >= 15 is 0 Å². The molecule has 19 heavy (non-hydrogen) atoms. The average Bonchev–Trinajstić information content (AvgIpc) is 2.79. The first-order valence-electron chi connectivity index (χ1n) is 6.51. The fourth-order valence-electron chi connectivity index (χ4n) is 2.19. The lowest BCUT2D eigenvalue weighted by atomic mass is 9.97. The Balaban J connectivity index is 1.85. The van der Waals surface area contributed by atoms with E-state index < -0.39 is 0 Å². The molecule has 0 spiro atoms. The van der Waals surface area contributed by atoms with Crippen molar-refractivity contribution in [1.82, 2.24) is 15.2 Å². The van der Waals surface area contributed by atoms with Crippen molar-refractivity contribution in [2.24, 2.45) is 5.92 Å². The molecule has 1 aromatic rings. The van der Waals surface area contributed by atoms with E-state index in [-0.39, 0.29) is 5.91 Å². The highest BCUT2D eigenvalue weighted by molar-refractivity contribution is 7.18. The SMILES string of the molecule is CNc1nc(N)c(C(=O)NCC2CCN(C)CC2)s1. The number of rotatable bonds is 4. The summed E-state index contributed by atoms with van der Waals surface area (Å²) in [5.74, 6) is 0.753. The molecule has 7 heteroatoms. The molecule has 106 valence electrons. The van der Waals surface area contributed by atoms with Crippen LogP contribution in [0.15, 0.2) is 0 Å². The first kappa shape index (κ1) is 14.1. The number of carbonyl (C=O) groups excluding carboxylic acids is 1.